The minimum Gasteiger partial charge on any atom is -0.462 e. The number of rotatable bonds is 67. The maximum Gasteiger partial charge on any atom is 0.472 e. The van der Waals surface area contributed by atoms with Gasteiger partial charge >= 0.3 is 39.5 Å². The summed E-state index contributed by atoms with van der Waals surface area (Å²) in [7, 11) is -9.97. The zero-order valence-electron chi connectivity index (χ0n) is 59.5. The first-order valence-corrected chi connectivity index (χ1v) is 39.4. The lowest BCUT2D eigenvalue weighted by Gasteiger charge is -2.21. The monoisotopic (exact) mass is 1390 g/mol. The number of hydrogen-bond acceptors (Lipinski definition) is 15. The Hall–Kier alpha value is -4.80. The van der Waals surface area contributed by atoms with E-state index in [-0.39, 0.29) is 25.7 Å². The van der Waals surface area contributed by atoms with E-state index in [2.05, 4.69) is 143 Å². The molecule has 96 heavy (non-hydrogen) atoms. The van der Waals surface area contributed by atoms with Gasteiger partial charge in [0.25, 0.3) is 0 Å². The molecule has 0 aliphatic carbocycles. The number of allylic oxidation sites excluding steroid dienone is 22. The van der Waals surface area contributed by atoms with Crippen LogP contribution in [0.15, 0.2) is 134 Å². The molecule has 0 aromatic carbocycles. The Kier molecular flexibility index (Phi) is 65.3. The van der Waals surface area contributed by atoms with E-state index in [9.17, 15) is 43.2 Å². The highest BCUT2D eigenvalue weighted by Crippen LogP contribution is 2.45. The molecule has 0 bridgehead atoms. The van der Waals surface area contributed by atoms with Crippen molar-refractivity contribution < 1.29 is 80.2 Å². The van der Waals surface area contributed by atoms with E-state index in [1.54, 1.807) is 0 Å². The highest BCUT2D eigenvalue weighted by Gasteiger charge is 2.30. The van der Waals surface area contributed by atoms with E-state index in [4.69, 9.17) is 37.0 Å². The molecule has 0 radical (unpaired) electrons. The van der Waals surface area contributed by atoms with Crippen LogP contribution in [0.4, 0.5) is 0 Å². The summed E-state index contributed by atoms with van der Waals surface area (Å²) in [6.07, 6.45) is 74.8. The number of aliphatic hydroxyl groups is 1. The number of ether oxygens (including phenoxy) is 4. The Morgan fingerprint density at radius 2 is 0.562 bits per heavy atom. The topological polar surface area (TPSA) is 237 Å². The molecule has 5 unspecified atom stereocenters. The summed E-state index contributed by atoms with van der Waals surface area (Å²) in [4.78, 5) is 72.6. The van der Waals surface area contributed by atoms with Crippen LogP contribution in [0.25, 0.3) is 0 Å². The van der Waals surface area contributed by atoms with Crippen molar-refractivity contribution in [3.8, 4) is 0 Å². The van der Waals surface area contributed by atoms with Gasteiger partial charge in [-0.1, -0.05) is 245 Å². The maximum atomic E-state index is 13.0. The van der Waals surface area contributed by atoms with E-state index in [0.717, 1.165) is 161 Å². The van der Waals surface area contributed by atoms with Gasteiger partial charge in [-0.2, -0.15) is 0 Å². The van der Waals surface area contributed by atoms with Crippen LogP contribution >= 0.6 is 15.6 Å². The zero-order chi connectivity index (χ0) is 70.4. The molecule has 0 saturated carbocycles. The third-order valence-corrected chi connectivity index (χ3v) is 16.5. The molecule has 0 aromatic rings. The highest BCUT2D eigenvalue weighted by atomic mass is 31.2. The van der Waals surface area contributed by atoms with Gasteiger partial charge in [0.2, 0.25) is 0 Å². The average molecular weight is 1390 g/mol. The zero-order valence-corrected chi connectivity index (χ0v) is 61.3. The molecule has 19 heteroatoms. The number of esters is 4. The van der Waals surface area contributed by atoms with Crippen LogP contribution < -0.4 is 0 Å². The third-order valence-electron chi connectivity index (χ3n) is 14.6. The Morgan fingerprint density at radius 1 is 0.302 bits per heavy atom. The standard InChI is InChI=1S/C77H128O17P2/c1-5-9-13-17-21-25-29-31-33-34-35-36-38-40-44-46-50-54-58-62-75(80)88-68-73(94-77(82)64-60-56-52-48-42-28-24-20-16-12-8-4)70-92-96(85,86)90-66-71(78)65-89-95(83,84)91-69-72(93-76(81)63-59-55-51-47-41-27-23-19-15-11-7-3)67-87-74(79)61-57-53-49-45-43-39-37-32-30-26-22-18-14-10-6-2/h9-10,13-14,19-26,31-33,35-37,40,44,50,54,71-73,78H,5-8,11-12,15-18,27-30,34,38-39,41-43,45-49,51-53,55-70H2,1-4H3,(H,83,84)(H,85,86)/b13-9-,14-10-,23-19-,24-20-,25-21-,26-22-,33-31-,36-35-,37-32-,44-40-,54-50-. The summed E-state index contributed by atoms with van der Waals surface area (Å²) in [5, 5.41) is 10.6. The van der Waals surface area contributed by atoms with Crippen molar-refractivity contribution in [1.29, 1.82) is 0 Å². The van der Waals surface area contributed by atoms with Crippen molar-refractivity contribution in [3.05, 3.63) is 134 Å². The van der Waals surface area contributed by atoms with E-state index < -0.39 is 97.5 Å². The molecule has 0 amide bonds. The number of phosphoric acid groups is 2. The summed E-state index contributed by atoms with van der Waals surface area (Å²) < 4.78 is 68.2. The first kappa shape index (κ1) is 91.2. The van der Waals surface area contributed by atoms with Crippen molar-refractivity contribution in [2.45, 2.75) is 290 Å². The van der Waals surface area contributed by atoms with Crippen molar-refractivity contribution in [2.24, 2.45) is 0 Å². The van der Waals surface area contributed by atoms with Crippen molar-refractivity contribution in [1.82, 2.24) is 0 Å². The van der Waals surface area contributed by atoms with Gasteiger partial charge in [0.1, 0.15) is 19.3 Å². The fraction of sp³-hybridized carbons (Fsp3) is 0.662. The lowest BCUT2D eigenvalue weighted by molar-refractivity contribution is -0.161. The molecule has 0 aliphatic heterocycles. The fourth-order valence-electron chi connectivity index (χ4n) is 9.04. The van der Waals surface area contributed by atoms with Gasteiger partial charge in [0.05, 0.1) is 26.4 Å². The van der Waals surface area contributed by atoms with E-state index in [1.165, 1.54) is 25.7 Å². The minimum absolute atomic E-state index is 0.0315. The van der Waals surface area contributed by atoms with Crippen molar-refractivity contribution in [3.63, 3.8) is 0 Å². The maximum absolute atomic E-state index is 13.0. The first-order valence-electron chi connectivity index (χ1n) is 36.4. The number of unbranched alkanes of at least 4 members (excludes halogenated alkanes) is 19. The molecule has 0 aliphatic rings. The van der Waals surface area contributed by atoms with E-state index >= 15 is 0 Å². The van der Waals surface area contributed by atoms with Gasteiger partial charge in [-0.3, -0.25) is 37.3 Å². The van der Waals surface area contributed by atoms with Gasteiger partial charge in [-0.05, 0) is 135 Å². The molecule has 3 N–H and O–H groups in total. The van der Waals surface area contributed by atoms with Crippen LogP contribution in [0.3, 0.4) is 0 Å². The Balaban J connectivity index is 5.38. The van der Waals surface area contributed by atoms with Gasteiger partial charge < -0.3 is 33.8 Å². The summed E-state index contributed by atoms with van der Waals surface area (Å²) in [5.41, 5.74) is 0. The van der Waals surface area contributed by atoms with Crippen molar-refractivity contribution in [2.75, 3.05) is 39.6 Å². The fourth-order valence-corrected chi connectivity index (χ4v) is 10.6. The number of aliphatic hydroxyl groups excluding tert-OH is 1. The molecule has 0 rings (SSSR count). The summed E-state index contributed by atoms with van der Waals surface area (Å²) >= 11 is 0. The van der Waals surface area contributed by atoms with Crippen LogP contribution in [-0.4, -0.2) is 96.7 Å². The van der Waals surface area contributed by atoms with Crippen LogP contribution in [0, 0.1) is 0 Å². The molecular weight excluding hydrogens is 1260 g/mol. The largest absolute Gasteiger partial charge is 0.472 e. The van der Waals surface area contributed by atoms with Gasteiger partial charge in [-0.15, -0.1) is 0 Å². The number of phosphoric ester groups is 2. The summed E-state index contributed by atoms with van der Waals surface area (Å²) in [6, 6.07) is 0. The second-order valence-electron chi connectivity index (χ2n) is 23.8. The first-order chi connectivity index (χ1) is 46.7. The number of hydrogen-bond donors (Lipinski definition) is 3. The predicted octanol–water partition coefficient (Wildman–Crippen LogP) is 20.5. The van der Waals surface area contributed by atoms with E-state index in [0.29, 0.717) is 32.1 Å². The number of carbonyl (C=O) groups is 4. The molecule has 5 atom stereocenters. The molecular formula is C77H128O17P2. The number of carbonyl (C=O) groups excluding carboxylic acids is 4. The molecule has 17 nitrogen and oxygen atoms in total. The van der Waals surface area contributed by atoms with Crippen LogP contribution in [-0.2, 0) is 65.4 Å². The molecule has 0 aromatic heterocycles. The Labute approximate surface area is 580 Å². The average Bonchev–Trinajstić information content (AvgIpc) is 1.15. The quantitative estimate of drug-likeness (QED) is 0.0169. The lowest BCUT2D eigenvalue weighted by Crippen LogP contribution is -2.30. The van der Waals surface area contributed by atoms with Gasteiger partial charge in [-0.25, -0.2) is 9.13 Å². The van der Waals surface area contributed by atoms with Gasteiger partial charge in [0, 0.05) is 25.7 Å². The van der Waals surface area contributed by atoms with E-state index in [1.807, 2.05) is 18.2 Å². The molecule has 0 saturated heterocycles. The van der Waals surface area contributed by atoms with Crippen LogP contribution in [0.2, 0.25) is 0 Å². The van der Waals surface area contributed by atoms with Crippen LogP contribution in [0.5, 0.6) is 0 Å². The second-order valence-corrected chi connectivity index (χ2v) is 26.7. The normalized spacial score (nSPS) is 14.8. The Morgan fingerprint density at radius 3 is 0.906 bits per heavy atom. The summed E-state index contributed by atoms with van der Waals surface area (Å²) in [5.74, 6) is -2.32. The second kappa shape index (κ2) is 68.7. The molecule has 0 spiro atoms. The molecule has 548 valence electrons. The Bertz CT molecular complexity index is 2350. The predicted molar refractivity (Wildman–Crippen MR) is 390 cm³/mol. The lowest BCUT2D eigenvalue weighted by atomic mass is 10.1. The molecule has 0 heterocycles. The highest BCUT2D eigenvalue weighted by molar-refractivity contribution is 7.47. The van der Waals surface area contributed by atoms with Crippen molar-refractivity contribution >= 4 is 39.5 Å². The minimum atomic E-state index is -4.99. The molecule has 0 fully saturated rings. The SMILES string of the molecule is CC/C=C\C/C=C\C/C=C\C/C=C\C/C=C\C/C=C\CCC(=O)OCC(COP(=O)(O)OCC(O)COP(=O)(O)OCC(COC(=O)CCCCCCC/C=C\C/C=C\C/C=C\CC)OC(=O)CCCCCCC/C=C\CCCC)OC(=O)CCCCCCC/C=C\CCCC. The third kappa shape index (κ3) is 67.8. The summed E-state index contributed by atoms with van der Waals surface area (Å²) in [6.45, 7) is 4.41. The van der Waals surface area contributed by atoms with Gasteiger partial charge in [0.15, 0.2) is 12.2 Å². The van der Waals surface area contributed by atoms with Crippen LogP contribution in [0.1, 0.15) is 272 Å². The smallest absolute Gasteiger partial charge is 0.462 e.